The highest BCUT2D eigenvalue weighted by atomic mass is 16.5. The zero-order chi connectivity index (χ0) is 17.4. The second-order valence-corrected chi connectivity index (χ2v) is 4.79. The maximum atomic E-state index is 12.1. The molecule has 122 valence electrons. The molecule has 0 aliphatic heterocycles. The molecule has 0 aliphatic carbocycles. The summed E-state index contributed by atoms with van der Waals surface area (Å²) in [6.45, 7) is 0. The van der Waals surface area contributed by atoms with Gasteiger partial charge < -0.3 is 9.47 Å². The van der Waals surface area contributed by atoms with Crippen LogP contribution in [0.2, 0.25) is 0 Å². The normalized spacial score (nSPS) is 11.5. The van der Waals surface area contributed by atoms with E-state index < -0.39 is 11.8 Å². The van der Waals surface area contributed by atoms with Gasteiger partial charge in [-0.1, -0.05) is 36.4 Å². The zero-order valence-electron chi connectivity index (χ0n) is 13.4. The van der Waals surface area contributed by atoms with Gasteiger partial charge in [-0.25, -0.2) is 5.43 Å². The Kier molecular flexibility index (Phi) is 5.92. The molecular formula is C18H17N3O3. The highest BCUT2D eigenvalue weighted by molar-refractivity contribution is 5.89. The standard InChI is InChI=1S/C18H17N3O3/c1-23-16-10-6-9-14(17(16)24-2)12-20-21-18(22)15(11-19)13-7-4-3-5-8-13/h3-10,12,15H,1-2H3,(H,21,22)/b20-12-/t15-/m1/s1. The first kappa shape index (κ1) is 17.0. The summed E-state index contributed by atoms with van der Waals surface area (Å²) in [4.78, 5) is 12.1. The van der Waals surface area contributed by atoms with E-state index in [4.69, 9.17) is 9.47 Å². The summed E-state index contributed by atoms with van der Waals surface area (Å²) in [5, 5.41) is 13.1. The van der Waals surface area contributed by atoms with Crippen LogP contribution >= 0.6 is 0 Å². The van der Waals surface area contributed by atoms with Crippen molar-refractivity contribution in [2.24, 2.45) is 5.10 Å². The number of hydrogen-bond donors (Lipinski definition) is 1. The van der Waals surface area contributed by atoms with Crippen molar-refractivity contribution < 1.29 is 14.3 Å². The number of nitrogens with zero attached hydrogens (tertiary/aromatic N) is 2. The van der Waals surface area contributed by atoms with Crippen LogP contribution in [0.3, 0.4) is 0 Å². The molecule has 0 aliphatic rings. The lowest BCUT2D eigenvalue weighted by Crippen LogP contribution is -2.24. The molecule has 0 saturated heterocycles. The molecule has 1 amide bonds. The van der Waals surface area contributed by atoms with E-state index >= 15 is 0 Å². The highest BCUT2D eigenvalue weighted by Gasteiger charge is 2.19. The Labute approximate surface area is 140 Å². The molecule has 0 fully saturated rings. The van der Waals surface area contributed by atoms with E-state index in [1.165, 1.54) is 20.4 Å². The molecule has 2 aromatic rings. The second-order valence-electron chi connectivity index (χ2n) is 4.79. The molecule has 0 unspecified atom stereocenters. The van der Waals surface area contributed by atoms with Gasteiger partial charge in [-0.15, -0.1) is 0 Å². The van der Waals surface area contributed by atoms with E-state index in [0.717, 1.165) is 0 Å². The smallest absolute Gasteiger partial charge is 0.261 e. The number of hydrazone groups is 1. The first-order valence-electron chi connectivity index (χ1n) is 7.19. The number of carbonyl (C=O) groups excluding carboxylic acids is 1. The van der Waals surface area contributed by atoms with Crippen LogP contribution in [-0.4, -0.2) is 26.3 Å². The van der Waals surface area contributed by atoms with Crippen LogP contribution in [0.5, 0.6) is 11.5 Å². The average Bonchev–Trinajstić information content (AvgIpc) is 2.63. The van der Waals surface area contributed by atoms with Crippen LogP contribution in [0.4, 0.5) is 0 Å². The van der Waals surface area contributed by atoms with E-state index in [1.54, 1.807) is 42.5 Å². The number of nitrogens with one attached hydrogen (secondary N) is 1. The Hall–Kier alpha value is -3.33. The topological polar surface area (TPSA) is 83.7 Å². The van der Waals surface area contributed by atoms with E-state index in [0.29, 0.717) is 22.6 Å². The molecule has 2 aromatic carbocycles. The molecule has 24 heavy (non-hydrogen) atoms. The van der Waals surface area contributed by atoms with Crippen molar-refractivity contribution in [3.05, 3.63) is 59.7 Å². The Bertz CT molecular complexity index is 767. The van der Waals surface area contributed by atoms with Gasteiger partial charge in [0.1, 0.15) is 0 Å². The number of nitriles is 1. The van der Waals surface area contributed by atoms with E-state index in [-0.39, 0.29) is 0 Å². The fourth-order valence-electron chi connectivity index (χ4n) is 2.17. The second kappa shape index (κ2) is 8.34. The minimum atomic E-state index is -0.921. The summed E-state index contributed by atoms with van der Waals surface area (Å²) in [7, 11) is 3.06. The van der Waals surface area contributed by atoms with Gasteiger partial charge in [0.2, 0.25) is 0 Å². The third-order valence-electron chi connectivity index (χ3n) is 3.34. The number of benzene rings is 2. The third kappa shape index (κ3) is 3.90. The van der Waals surface area contributed by atoms with Gasteiger partial charge in [0, 0.05) is 5.56 Å². The number of carbonyl (C=O) groups is 1. The van der Waals surface area contributed by atoms with Crippen LogP contribution in [0.15, 0.2) is 53.6 Å². The van der Waals surface area contributed by atoms with Gasteiger partial charge in [0.15, 0.2) is 17.4 Å². The molecule has 0 spiro atoms. The number of rotatable bonds is 6. The van der Waals surface area contributed by atoms with E-state index in [1.807, 2.05) is 12.1 Å². The van der Waals surface area contributed by atoms with Crippen molar-refractivity contribution in [2.75, 3.05) is 14.2 Å². The molecule has 1 N–H and O–H groups in total. The van der Waals surface area contributed by atoms with Gasteiger partial charge in [-0.05, 0) is 17.7 Å². The highest BCUT2D eigenvalue weighted by Crippen LogP contribution is 2.29. The van der Waals surface area contributed by atoms with Crippen molar-refractivity contribution in [3.63, 3.8) is 0 Å². The number of hydrogen-bond acceptors (Lipinski definition) is 5. The molecule has 0 saturated carbocycles. The molecule has 0 heterocycles. The predicted molar refractivity (Wildman–Crippen MR) is 90.1 cm³/mol. The third-order valence-corrected chi connectivity index (χ3v) is 3.34. The van der Waals surface area contributed by atoms with Crippen LogP contribution < -0.4 is 14.9 Å². The minimum Gasteiger partial charge on any atom is -0.493 e. The fourth-order valence-corrected chi connectivity index (χ4v) is 2.17. The lowest BCUT2D eigenvalue weighted by molar-refractivity contribution is -0.121. The number of para-hydroxylation sites is 1. The van der Waals surface area contributed by atoms with Crippen LogP contribution in [0.1, 0.15) is 17.0 Å². The molecule has 0 aromatic heterocycles. The van der Waals surface area contributed by atoms with E-state index in [2.05, 4.69) is 10.5 Å². The summed E-state index contributed by atoms with van der Waals surface area (Å²) in [6.07, 6.45) is 1.44. The minimum absolute atomic E-state index is 0.498. The summed E-state index contributed by atoms with van der Waals surface area (Å²) < 4.78 is 10.5. The molecular weight excluding hydrogens is 306 g/mol. The zero-order valence-corrected chi connectivity index (χ0v) is 13.4. The summed E-state index contributed by atoms with van der Waals surface area (Å²) in [5.41, 5.74) is 3.64. The lowest BCUT2D eigenvalue weighted by atomic mass is 10.0. The Balaban J connectivity index is 2.12. The Morgan fingerprint density at radius 2 is 1.92 bits per heavy atom. The first-order chi connectivity index (χ1) is 11.7. The summed E-state index contributed by atoms with van der Waals surface area (Å²) in [6, 6.07) is 16.1. The SMILES string of the molecule is COc1cccc(/C=N\NC(=O)[C@H](C#N)c2ccccc2)c1OC. The van der Waals surface area contributed by atoms with Gasteiger partial charge in [-0.2, -0.15) is 10.4 Å². The van der Waals surface area contributed by atoms with Crippen LogP contribution in [-0.2, 0) is 4.79 Å². The lowest BCUT2D eigenvalue weighted by Gasteiger charge is -2.10. The van der Waals surface area contributed by atoms with Gasteiger partial charge in [0.05, 0.1) is 26.5 Å². The monoisotopic (exact) mass is 323 g/mol. The number of amides is 1. The van der Waals surface area contributed by atoms with Crippen LogP contribution in [0, 0.1) is 11.3 Å². The van der Waals surface area contributed by atoms with Crippen molar-refractivity contribution in [1.29, 1.82) is 5.26 Å². The molecule has 6 heteroatoms. The van der Waals surface area contributed by atoms with Crippen molar-refractivity contribution in [2.45, 2.75) is 5.92 Å². The molecule has 2 rings (SSSR count). The number of methoxy groups -OCH3 is 2. The molecule has 0 radical (unpaired) electrons. The van der Waals surface area contributed by atoms with Gasteiger partial charge in [-0.3, -0.25) is 4.79 Å². The number of ether oxygens (including phenoxy) is 2. The molecule has 6 nitrogen and oxygen atoms in total. The largest absolute Gasteiger partial charge is 0.493 e. The van der Waals surface area contributed by atoms with E-state index in [9.17, 15) is 10.1 Å². The predicted octanol–water partition coefficient (Wildman–Crippen LogP) is 2.46. The first-order valence-corrected chi connectivity index (χ1v) is 7.19. The maximum Gasteiger partial charge on any atom is 0.261 e. The maximum absolute atomic E-state index is 12.1. The van der Waals surface area contributed by atoms with Gasteiger partial charge in [0.25, 0.3) is 5.91 Å². The molecule has 0 bridgehead atoms. The summed E-state index contributed by atoms with van der Waals surface area (Å²) in [5.74, 6) is -0.345. The van der Waals surface area contributed by atoms with Crippen LogP contribution in [0.25, 0.3) is 0 Å². The average molecular weight is 323 g/mol. The van der Waals surface area contributed by atoms with Crippen molar-refractivity contribution >= 4 is 12.1 Å². The Morgan fingerprint density at radius 1 is 1.17 bits per heavy atom. The van der Waals surface area contributed by atoms with Crippen molar-refractivity contribution in [1.82, 2.24) is 5.43 Å². The molecule has 1 atom stereocenters. The quantitative estimate of drug-likeness (QED) is 0.654. The fraction of sp³-hybridized carbons (Fsp3) is 0.167. The van der Waals surface area contributed by atoms with Gasteiger partial charge >= 0.3 is 0 Å². The Morgan fingerprint density at radius 3 is 2.54 bits per heavy atom. The van der Waals surface area contributed by atoms with Crippen molar-refractivity contribution in [3.8, 4) is 17.6 Å². The summed E-state index contributed by atoms with van der Waals surface area (Å²) >= 11 is 0.